The molecule has 0 radical (unpaired) electrons. The summed E-state index contributed by atoms with van der Waals surface area (Å²) in [6.45, 7) is 0. The van der Waals surface area contributed by atoms with Crippen LogP contribution >= 0.6 is 11.8 Å². The minimum Gasteiger partial charge on any atom is -0.249 e. The zero-order valence-corrected chi connectivity index (χ0v) is 10.5. The van der Waals surface area contributed by atoms with Gasteiger partial charge in [-0.1, -0.05) is 11.8 Å². The first-order chi connectivity index (χ1) is 9.70. The van der Waals surface area contributed by atoms with E-state index in [2.05, 4.69) is 9.97 Å². The molecule has 2 aromatic rings. The number of pyridine rings is 2. The molecule has 112 valence electrons. The average Bonchev–Trinajstić information content (AvgIpc) is 2.41. The molecule has 0 aromatic carbocycles. The number of nitrogens with zero attached hydrogens (tertiary/aromatic N) is 2. The highest BCUT2D eigenvalue weighted by Gasteiger charge is 2.31. The van der Waals surface area contributed by atoms with E-state index in [-0.39, 0.29) is 16.8 Å². The molecule has 0 aliphatic heterocycles. The molecule has 0 unspecified atom stereocenters. The monoisotopic (exact) mass is 328 g/mol. The molecule has 10 heteroatoms. The van der Waals surface area contributed by atoms with Gasteiger partial charge in [-0.15, -0.1) is 0 Å². The Morgan fingerprint density at radius 1 is 0.905 bits per heavy atom. The van der Waals surface area contributed by atoms with E-state index in [9.17, 15) is 30.7 Å². The van der Waals surface area contributed by atoms with Crippen LogP contribution in [0, 0.1) is 23.5 Å². The molecule has 0 fully saturated rings. The first kappa shape index (κ1) is 15.5. The summed E-state index contributed by atoms with van der Waals surface area (Å²) >= 11 is 0.140. The third-order valence-corrected chi connectivity index (χ3v) is 3.24. The Hall–Kier alpha value is -1.84. The molecule has 0 bridgehead atoms. The molecule has 21 heavy (non-hydrogen) atoms. The lowest BCUT2D eigenvalue weighted by atomic mass is 10.3. The highest BCUT2D eigenvalue weighted by Crippen LogP contribution is 2.34. The third-order valence-electron chi connectivity index (χ3n) is 2.23. The van der Waals surface area contributed by atoms with Crippen LogP contribution in [0.25, 0.3) is 0 Å². The maximum absolute atomic E-state index is 13.3. The largest absolute Gasteiger partial charge is 0.417 e. The minimum absolute atomic E-state index is 0.140. The normalized spacial score (nSPS) is 11.8. The van der Waals surface area contributed by atoms with Crippen molar-refractivity contribution in [2.45, 2.75) is 16.1 Å². The Morgan fingerprint density at radius 3 is 1.90 bits per heavy atom. The first-order valence-electron chi connectivity index (χ1n) is 5.11. The SMILES string of the molecule is Fc1nc(F)c(F)c(Sc2ccc(C(F)(F)F)cn2)c1F. The van der Waals surface area contributed by atoms with Crippen LogP contribution in [0.4, 0.5) is 30.7 Å². The Morgan fingerprint density at radius 2 is 1.48 bits per heavy atom. The van der Waals surface area contributed by atoms with Crippen LogP contribution in [0.5, 0.6) is 0 Å². The van der Waals surface area contributed by atoms with Gasteiger partial charge in [-0.25, -0.2) is 13.8 Å². The number of hydrogen-bond donors (Lipinski definition) is 0. The summed E-state index contributed by atoms with van der Waals surface area (Å²) in [6, 6.07) is 1.45. The number of hydrogen-bond acceptors (Lipinski definition) is 3. The van der Waals surface area contributed by atoms with E-state index in [4.69, 9.17) is 0 Å². The zero-order chi connectivity index (χ0) is 15.8. The van der Waals surface area contributed by atoms with E-state index in [1.165, 1.54) is 0 Å². The predicted octanol–water partition coefficient (Wildman–Crippen LogP) is 4.20. The van der Waals surface area contributed by atoms with E-state index < -0.39 is 40.2 Å². The third kappa shape index (κ3) is 3.26. The first-order valence-corrected chi connectivity index (χ1v) is 5.93. The van der Waals surface area contributed by atoms with Gasteiger partial charge in [-0.2, -0.15) is 26.9 Å². The molecule has 2 rings (SSSR count). The van der Waals surface area contributed by atoms with Crippen molar-refractivity contribution in [3.05, 3.63) is 47.4 Å². The van der Waals surface area contributed by atoms with E-state index in [1.807, 2.05) is 0 Å². The zero-order valence-electron chi connectivity index (χ0n) is 9.68. The van der Waals surface area contributed by atoms with Crippen molar-refractivity contribution in [1.29, 1.82) is 0 Å². The van der Waals surface area contributed by atoms with Crippen molar-refractivity contribution in [3.8, 4) is 0 Å². The summed E-state index contributed by atoms with van der Waals surface area (Å²) in [6.07, 6.45) is -4.19. The minimum atomic E-state index is -4.62. The summed E-state index contributed by atoms with van der Waals surface area (Å²) < 4.78 is 89.3. The molecule has 2 nitrogen and oxygen atoms in total. The van der Waals surface area contributed by atoms with Gasteiger partial charge in [0.2, 0.25) is 0 Å². The van der Waals surface area contributed by atoms with Crippen molar-refractivity contribution in [3.63, 3.8) is 0 Å². The van der Waals surface area contributed by atoms with Gasteiger partial charge in [0.25, 0.3) is 11.9 Å². The Bertz CT molecular complexity index is 644. The topological polar surface area (TPSA) is 25.8 Å². The maximum atomic E-state index is 13.3. The molecule has 0 aliphatic carbocycles. The van der Waals surface area contributed by atoms with Crippen LogP contribution in [0.2, 0.25) is 0 Å². The fourth-order valence-corrected chi connectivity index (χ4v) is 2.07. The fraction of sp³-hybridized carbons (Fsp3) is 0.0909. The maximum Gasteiger partial charge on any atom is 0.417 e. The standard InChI is InChI=1S/C11H3F7N2S/c12-6-8(7(13)10(15)20-9(6)14)21-5-2-1-4(3-19-5)11(16,17)18/h1-3H. The van der Waals surface area contributed by atoms with E-state index in [0.29, 0.717) is 12.3 Å². The van der Waals surface area contributed by atoms with Gasteiger partial charge >= 0.3 is 6.18 Å². The van der Waals surface area contributed by atoms with Gasteiger partial charge in [-0.05, 0) is 12.1 Å². The van der Waals surface area contributed by atoms with Crippen LogP contribution in [0.15, 0.2) is 28.3 Å². The van der Waals surface area contributed by atoms with Crippen molar-refractivity contribution in [2.24, 2.45) is 0 Å². The molecular weight excluding hydrogens is 325 g/mol. The average molecular weight is 328 g/mol. The van der Waals surface area contributed by atoms with Gasteiger partial charge in [0.05, 0.1) is 10.5 Å². The molecular formula is C11H3F7N2S. The molecule has 0 atom stereocenters. The lowest BCUT2D eigenvalue weighted by Crippen LogP contribution is -2.05. The molecule has 2 aromatic heterocycles. The summed E-state index contributed by atoms with van der Waals surface area (Å²) in [5.74, 6) is -7.21. The van der Waals surface area contributed by atoms with Crippen LogP contribution in [-0.4, -0.2) is 9.97 Å². The molecule has 0 amide bonds. The van der Waals surface area contributed by atoms with Crippen molar-refractivity contribution in [2.75, 3.05) is 0 Å². The lowest BCUT2D eigenvalue weighted by Gasteiger charge is -2.08. The number of aromatic nitrogens is 2. The second-order valence-corrected chi connectivity index (χ2v) is 4.67. The fourth-order valence-electron chi connectivity index (χ4n) is 1.27. The number of rotatable bonds is 2. The molecule has 0 saturated heterocycles. The molecule has 0 saturated carbocycles. The van der Waals surface area contributed by atoms with E-state index in [0.717, 1.165) is 6.07 Å². The summed E-state index contributed by atoms with van der Waals surface area (Å²) in [5, 5.41) is -0.272. The van der Waals surface area contributed by atoms with Crippen molar-refractivity contribution < 1.29 is 30.7 Å². The quantitative estimate of drug-likeness (QED) is 0.610. The van der Waals surface area contributed by atoms with E-state index in [1.54, 1.807) is 0 Å². The Balaban J connectivity index is 2.35. The molecule has 0 N–H and O–H groups in total. The Labute approximate surface area is 117 Å². The summed E-state index contributed by atoms with van der Waals surface area (Å²) in [5.41, 5.74) is -1.07. The second kappa shape index (κ2) is 5.51. The van der Waals surface area contributed by atoms with E-state index >= 15 is 0 Å². The number of alkyl halides is 3. The van der Waals surface area contributed by atoms with Gasteiger partial charge in [-0.3, -0.25) is 0 Å². The smallest absolute Gasteiger partial charge is 0.249 e. The predicted molar refractivity (Wildman–Crippen MR) is 57.4 cm³/mol. The van der Waals surface area contributed by atoms with Crippen LogP contribution in [0.3, 0.4) is 0 Å². The van der Waals surface area contributed by atoms with Gasteiger partial charge < -0.3 is 0 Å². The van der Waals surface area contributed by atoms with Crippen molar-refractivity contribution in [1.82, 2.24) is 9.97 Å². The van der Waals surface area contributed by atoms with Crippen molar-refractivity contribution >= 4 is 11.8 Å². The highest BCUT2D eigenvalue weighted by molar-refractivity contribution is 7.99. The molecule has 2 heterocycles. The highest BCUT2D eigenvalue weighted by atomic mass is 32.2. The Kier molecular flexibility index (Phi) is 4.08. The van der Waals surface area contributed by atoms with Crippen LogP contribution < -0.4 is 0 Å². The van der Waals surface area contributed by atoms with Crippen LogP contribution in [0.1, 0.15) is 5.56 Å². The number of halogens is 7. The van der Waals surface area contributed by atoms with Gasteiger partial charge in [0.15, 0.2) is 11.6 Å². The summed E-state index contributed by atoms with van der Waals surface area (Å²) in [4.78, 5) is 4.61. The van der Waals surface area contributed by atoms with Gasteiger partial charge in [0.1, 0.15) is 5.03 Å². The second-order valence-electron chi connectivity index (χ2n) is 3.64. The lowest BCUT2D eigenvalue weighted by molar-refractivity contribution is -0.137. The van der Waals surface area contributed by atoms with Gasteiger partial charge in [0, 0.05) is 6.20 Å². The molecule has 0 spiro atoms. The summed E-state index contributed by atoms with van der Waals surface area (Å²) in [7, 11) is 0. The van der Waals surface area contributed by atoms with Crippen LogP contribution in [-0.2, 0) is 6.18 Å². The molecule has 0 aliphatic rings.